The molecule has 0 amide bonds. The second kappa shape index (κ2) is 1.87. The maximum absolute atomic E-state index is 4.10. The highest BCUT2D eigenvalue weighted by atomic mass is 32.1. The molecule has 0 fully saturated rings. The Morgan fingerprint density at radius 3 is 1.50 bits per heavy atom. The predicted octanol–water partition coefficient (Wildman–Crippen LogP) is 1.96. The van der Waals surface area contributed by atoms with Crippen LogP contribution in [0.5, 0.6) is 0 Å². The van der Waals surface area contributed by atoms with Crippen molar-refractivity contribution >= 4 is 12.6 Å². The summed E-state index contributed by atoms with van der Waals surface area (Å²) in [6.07, 6.45) is 0. The average Bonchev–Trinajstić information content (AvgIpc) is 1.35. The third kappa shape index (κ3) is 4.35. The van der Waals surface area contributed by atoms with Gasteiger partial charge in [0.15, 0.2) is 0 Å². The number of thiol groups is 1. The minimum atomic E-state index is 0.406. The van der Waals surface area contributed by atoms with Gasteiger partial charge in [0.25, 0.3) is 0 Å². The van der Waals surface area contributed by atoms with Crippen LogP contribution in [0, 0.1) is 5.41 Å². The molecule has 0 unspecified atom stereocenters. The zero-order valence-electron chi connectivity index (χ0n) is 4.65. The maximum atomic E-state index is 4.10. The molecule has 0 radical (unpaired) electrons. The Balaban J connectivity index is 3.17. The second-order valence-corrected chi connectivity index (χ2v) is 3.04. The lowest BCUT2D eigenvalue weighted by Crippen LogP contribution is -2.05. The van der Waals surface area contributed by atoms with E-state index >= 15 is 0 Å². The topological polar surface area (TPSA) is 0 Å². The minimum Gasteiger partial charge on any atom is -0.179 e. The van der Waals surface area contributed by atoms with Crippen molar-refractivity contribution in [3.05, 3.63) is 0 Å². The SMILES string of the molecule is CC(C)(C)CS. The molecule has 0 aromatic carbocycles. The standard InChI is InChI=1S/C5H12S/c1-5(2,3)4-6/h6H,4H2,1-3H3. The van der Waals surface area contributed by atoms with E-state index in [1.54, 1.807) is 0 Å². The lowest BCUT2D eigenvalue weighted by Gasteiger charge is -2.11. The van der Waals surface area contributed by atoms with E-state index in [-0.39, 0.29) is 0 Å². The van der Waals surface area contributed by atoms with E-state index in [2.05, 4.69) is 33.4 Å². The van der Waals surface area contributed by atoms with E-state index in [0.717, 1.165) is 5.75 Å². The van der Waals surface area contributed by atoms with E-state index in [0.29, 0.717) is 5.41 Å². The molecule has 0 spiro atoms. The molecule has 1 heteroatoms. The molecule has 0 saturated heterocycles. The van der Waals surface area contributed by atoms with Gasteiger partial charge in [-0.3, -0.25) is 0 Å². The molecule has 0 nitrogen and oxygen atoms in total. The molecule has 0 atom stereocenters. The van der Waals surface area contributed by atoms with Crippen molar-refractivity contribution in [2.45, 2.75) is 20.8 Å². The van der Waals surface area contributed by atoms with Crippen LogP contribution in [0.2, 0.25) is 0 Å². The molecule has 0 saturated carbocycles. The molecule has 0 aromatic rings. The van der Waals surface area contributed by atoms with Crippen molar-refractivity contribution in [1.29, 1.82) is 0 Å². The van der Waals surface area contributed by atoms with Gasteiger partial charge in [0, 0.05) is 0 Å². The van der Waals surface area contributed by atoms with Crippen molar-refractivity contribution in [3.63, 3.8) is 0 Å². The summed E-state index contributed by atoms with van der Waals surface area (Å²) in [6.45, 7) is 6.50. The van der Waals surface area contributed by atoms with Crippen LogP contribution in [0.1, 0.15) is 20.8 Å². The molecular weight excluding hydrogens is 92.1 g/mol. The van der Waals surface area contributed by atoms with Gasteiger partial charge in [-0.15, -0.1) is 0 Å². The van der Waals surface area contributed by atoms with Crippen LogP contribution in [0.3, 0.4) is 0 Å². The number of hydrogen-bond acceptors (Lipinski definition) is 1. The molecule has 0 N–H and O–H groups in total. The fraction of sp³-hybridized carbons (Fsp3) is 1.00. The highest BCUT2D eigenvalue weighted by Crippen LogP contribution is 2.13. The molecule has 0 rings (SSSR count). The lowest BCUT2D eigenvalue weighted by molar-refractivity contribution is 0.482. The Kier molecular flexibility index (Phi) is 1.98. The normalized spacial score (nSPS) is 12.0. The summed E-state index contributed by atoms with van der Waals surface area (Å²) in [6, 6.07) is 0. The van der Waals surface area contributed by atoms with Gasteiger partial charge in [-0.2, -0.15) is 12.6 Å². The van der Waals surface area contributed by atoms with Crippen LogP contribution in [-0.4, -0.2) is 5.75 Å². The molecule has 0 heterocycles. The summed E-state index contributed by atoms with van der Waals surface area (Å²) in [7, 11) is 0. The van der Waals surface area contributed by atoms with Crippen LogP contribution >= 0.6 is 12.6 Å². The Morgan fingerprint density at radius 2 is 1.50 bits per heavy atom. The third-order valence-electron chi connectivity index (χ3n) is 0.474. The molecule has 0 aliphatic heterocycles. The van der Waals surface area contributed by atoms with Crippen molar-refractivity contribution in [3.8, 4) is 0 Å². The van der Waals surface area contributed by atoms with Gasteiger partial charge >= 0.3 is 0 Å². The largest absolute Gasteiger partial charge is 0.179 e. The molecule has 0 aromatic heterocycles. The first kappa shape index (κ1) is 6.35. The highest BCUT2D eigenvalue weighted by Gasteiger charge is 2.04. The lowest BCUT2D eigenvalue weighted by atomic mass is 10.0. The summed E-state index contributed by atoms with van der Waals surface area (Å²) in [5.41, 5.74) is 0.406. The van der Waals surface area contributed by atoms with Gasteiger partial charge in [-0.05, 0) is 11.2 Å². The first-order chi connectivity index (χ1) is 2.56. The van der Waals surface area contributed by atoms with Gasteiger partial charge in [-0.1, -0.05) is 20.8 Å². The third-order valence-corrected chi connectivity index (χ3v) is 1.42. The van der Waals surface area contributed by atoms with Gasteiger partial charge in [0.05, 0.1) is 0 Å². The van der Waals surface area contributed by atoms with E-state index < -0.39 is 0 Å². The molecular formula is C5H12S. The highest BCUT2D eigenvalue weighted by molar-refractivity contribution is 7.80. The summed E-state index contributed by atoms with van der Waals surface area (Å²) < 4.78 is 0. The molecule has 0 bridgehead atoms. The molecule has 6 heavy (non-hydrogen) atoms. The number of rotatable bonds is 0. The van der Waals surface area contributed by atoms with Crippen LogP contribution in [0.15, 0.2) is 0 Å². The number of hydrogen-bond donors (Lipinski definition) is 1. The quantitative estimate of drug-likeness (QED) is 0.446. The zero-order valence-corrected chi connectivity index (χ0v) is 5.55. The Morgan fingerprint density at radius 1 is 1.33 bits per heavy atom. The predicted molar refractivity (Wildman–Crippen MR) is 33.3 cm³/mol. The smallest absolute Gasteiger partial charge is 0.00491 e. The van der Waals surface area contributed by atoms with Crippen LogP contribution < -0.4 is 0 Å². The van der Waals surface area contributed by atoms with E-state index in [1.807, 2.05) is 0 Å². The van der Waals surface area contributed by atoms with E-state index in [9.17, 15) is 0 Å². The second-order valence-electron chi connectivity index (χ2n) is 2.72. The Bertz CT molecular complexity index is 33.7. The van der Waals surface area contributed by atoms with Crippen LogP contribution in [0.4, 0.5) is 0 Å². The van der Waals surface area contributed by atoms with Crippen molar-refractivity contribution in [2.75, 3.05) is 5.75 Å². The zero-order chi connectivity index (χ0) is 5.21. The Labute approximate surface area is 45.4 Å². The van der Waals surface area contributed by atoms with Crippen molar-refractivity contribution in [2.24, 2.45) is 5.41 Å². The summed E-state index contributed by atoms with van der Waals surface area (Å²) in [5.74, 6) is 0.965. The minimum absolute atomic E-state index is 0.406. The molecule has 0 aliphatic rings. The maximum Gasteiger partial charge on any atom is -0.00491 e. The monoisotopic (exact) mass is 104 g/mol. The first-order valence-electron chi connectivity index (χ1n) is 2.17. The van der Waals surface area contributed by atoms with Crippen molar-refractivity contribution in [1.82, 2.24) is 0 Å². The van der Waals surface area contributed by atoms with Gasteiger partial charge in [-0.25, -0.2) is 0 Å². The summed E-state index contributed by atoms with van der Waals surface area (Å²) in [4.78, 5) is 0. The average molecular weight is 104 g/mol. The van der Waals surface area contributed by atoms with Gasteiger partial charge < -0.3 is 0 Å². The first-order valence-corrected chi connectivity index (χ1v) is 2.80. The van der Waals surface area contributed by atoms with Gasteiger partial charge in [0.2, 0.25) is 0 Å². The molecule has 38 valence electrons. The van der Waals surface area contributed by atoms with Crippen LogP contribution in [-0.2, 0) is 0 Å². The fourth-order valence-electron chi connectivity index (χ4n) is 0. The summed E-state index contributed by atoms with van der Waals surface area (Å²) in [5, 5.41) is 0. The van der Waals surface area contributed by atoms with E-state index in [1.165, 1.54) is 0 Å². The summed E-state index contributed by atoms with van der Waals surface area (Å²) >= 11 is 4.10. The van der Waals surface area contributed by atoms with Crippen molar-refractivity contribution < 1.29 is 0 Å². The molecule has 0 aliphatic carbocycles. The van der Waals surface area contributed by atoms with Crippen LogP contribution in [0.25, 0.3) is 0 Å². The fourth-order valence-corrected chi connectivity index (χ4v) is 0. The van der Waals surface area contributed by atoms with Gasteiger partial charge in [0.1, 0.15) is 0 Å². The Hall–Kier alpha value is 0.350. The van der Waals surface area contributed by atoms with E-state index in [4.69, 9.17) is 0 Å².